The van der Waals surface area contributed by atoms with Gasteiger partial charge in [-0.1, -0.05) is 12.1 Å². The maximum absolute atomic E-state index is 10.3. The summed E-state index contributed by atoms with van der Waals surface area (Å²) in [5.41, 5.74) is 0.828. The Morgan fingerprint density at radius 2 is 2.04 bits per heavy atom. The molecule has 0 fully saturated rings. The largest absolute Gasteiger partial charge is 0.497 e. The fourth-order valence-corrected chi connectivity index (χ4v) is 2.81. The van der Waals surface area contributed by atoms with E-state index >= 15 is 0 Å². The fraction of sp³-hybridized carbons (Fsp3) is 0.412. The molecule has 1 aromatic heterocycles. The van der Waals surface area contributed by atoms with E-state index in [2.05, 4.69) is 20.6 Å². The number of ether oxygens (including phenoxy) is 1. The van der Waals surface area contributed by atoms with Crippen molar-refractivity contribution in [1.29, 1.82) is 0 Å². The van der Waals surface area contributed by atoms with Crippen molar-refractivity contribution in [3.8, 4) is 5.75 Å². The molecule has 0 aliphatic rings. The number of benzene rings is 1. The molecule has 3 N–H and O–H groups in total. The molecule has 6 nitrogen and oxygen atoms in total. The van der Waals surface area contributed by atoms with Crippen molar-refractivity contribution in [3.63, 3.8) is 0 Å². The van der Waals surface area contributed by atoms with Crippen molar-refractivity contribution in [3.05, 3.63) is 45.9 Å². The summed E-state index contributed by atoms with van der Waals surface area (Å²) in [5, 5.41) is 17.6. The lowest BCUT2D eigenvalue weighted by molar-refractivity contribution is 0.180. The minimum atomic E-state index is -0.623. The molecule has 8 heteroatoms. The van der Waals surface area contributed by atoms with E-state index in [0.29, 0.717) is 19.0 Å². The Kier molecular flexibility index (Phi) is 9.76. The maximum atomic E-state index is 10.3. The molecule has 2 aromatic rings. The molecule has 138 valence electrons. The number of nitrogens with one attached hydrogen (secondary N) is 2. The summed E-state index contributed by atoms with van der Waals surface area (Å²) in [6.07, 6.45) is 1.23. The molecule has 0 radical (unpaired) electrons. The van der Waals surface area contributed by atoms with Gasteiger partial charge in [0.2, 0.25) is 0 Å². The Hall–Kier alpha value is -1.39. The van der Waals surface area contributed by atoms with E-state index in [-0.39, 0.29) is 24.0 Å². The number of thiazole rings is 1. The van der Waals surface area contributed by atoms with Gasteiger partial charge < -0.3 is 20.5 Å². The molecule has 1 heterocycles. The highest BCUT2D eigenvalue weighted by atomic mass is 127. The highest BCUT2D eigenvalue weighted by Gasteiger charge is 2.09. The number of guanidine groups is 1. The molecule has 0 spiro atoms. The van der Waals surface area contributed by atoms with Gasteiger partial charge in [-0.2, -0.15) is 0 Å². The van der Waals surface area contributed by atoms with Gasteiger partial charge in [-0.3, -0.25) is 0 Å². The monoisotopic (exact) mass is 476 g/mol. The van der Waals surface area contributed by atoms with E-state index in [0.717, 1.165) is 22.9 Å². The van der Waals surface area contributed by atoms with Gasteiger partial charge in [-0.25, -0.2) is 9.98 Å². The first kappa shape index (κ1) is 21.7. The molecule has 0 saturated heterocycles. The van der Waals surface area contributed by atoms with Gasteiger partial charge in [-0.05, 0) is 31.5 Å². The second kappa shape index (κ2) is 11.3. The van der Waals surface area contributed by atoms with Crippen molar-refractivity contribution in [1.82, 2.24) is 15.6 Å². The van der Waals surface area contributed by atoms with Gasteiger partial charge in [0.25, 0.3) is 0 Å². The number of aliphatic hydroxyl groups is 1. The van der Waals surface area contributed by atoms with Crippen molar-refractivity contribution in [2.24, 2.45) is 4.99 Å². The highest BCUT2D eigenvalue weighted by Crippen LogP contribution is 2.17. The Bertz CT molecular complexity index is 661. The summed E-state index contributed by atoms with van der Waals surface area (Å²) < 4.78 is 5.12. The predicted octanol–water partition coefficient (Wildman–Crippen LogP) is 2.87. The van der Waals surface area contributed by atoms with E-state index in [1.165, 1.54) is 4.88 Å². The first-order valence-corrected chi connectivity index (χ1v) is 8.69. The number of rotatable bonds is 7. The third kappa shape index (κ3) is 7.17. The average molecular weight is 476 g/mol. The van der Waals surface area contributed by atoms with Crippen molar-refractivity contribution < 1.29 is 9.84 Å². The number of hydrogen-bond donors (Lipinski definition) is 3. The van der Waals surface area contributed by atoms with Gasteiger partial charge in [0.15, 0.2) is 5.96 Å². The SMILES string of the molecule is CCNC(=NCc1ncc(C)s1)NCC(O)c1ccc(OC)cc1.I. The fourth-order valence-electron chi connectivity index (χ4n) is 2.10. The highest BCUT2D eigenvalue weighted by molar-refractivity contribution is 14.0. The van der Waals surface area contributed by atoms with Crippen LogP contribution >= 0.6 is 35.3 Å². The molecule has 1 unspecified atom stereocenters. The average Bonchev–Trinajstić information content (AvgIpc) is 3.02. The molecule has 25 heavy (non-hydrogen) atoms. The van der Waals surface area contributed by atoms with Crippen LogP contribution in [0, 0.1) is 6.92 Å². The smallest absolute Gasteiger partial charge is 0.191 e. The number of aromatic nitrogens is 1. The lowest BCUT2D eigenvalue weighted by Crippen LogP contribution is -2.39. The second-order valence-electron chi connectivity index (χ2n) is 5.23. The summed E-state index contributed by atoms with van der Waals surface area (Å²) in [6, 6.07) is 7.38. The first-order valence-electron chi connectivity index (χ1n) is 7.88. The van der Waals surface area contributed by atoms with Gasteiger partial charge in [-0.15, -0.1) is 35.3 Å². The molecule has 1 atom stereocenters. The van der Waals surface area contributed by atoms with E-state index in [9.17, 15) is 5.11 Å². The minimum absolute atomic E-state index is 0. The zero-order valence-electron chi connectivity index (χ0n) is 14.7. The number of methoxy groups -OCH3 is 1. The van der Waals surface area contributed by atoms with Crippen LogP contribution in [0.2, 0.25) is 0 Å². The number of nitrogens with zero attached hydrogens (tertiary/aromatic N) is 2. The van der Waals surface area contributed by atoms with Crippen molar-refractivity contribution >= 4 is 41.3 Å². The third-order valence-corrected chi connectivity index (χ3v) is 4.25. The Balaban J connectivity index is 0.00000312. The summed E-state index contributed by atoms with van der Waals surface area (Å²) >= 11 is 1.64. The van der Waals surface area contributed by atoms with E-state index in [4.69, 9.17) is 4.74 Å². The molecule has 1 aromatic carbocycles. The van der Waals surface area contributed by atoms with Gasteiger partial charge in [0.1, 0.15) is 10.8 Å². The van der Waals surface area contributed by atoms with Crippen LogP contribution in [0.5, 0.6) is 5.75 Å². The molecule has 2 rings (SSSR count). The summed E-state index contributed by atoms with van der Waals surface area (Å²) in [4.78, 5) is 9.98. The molecule has 0 aliphatic heterocycles. The van der Waals surface area contributed by atoms with Crippen LogP contribution in [0.4, 0.5) is 0 Å². The van der Waals surface area contributed by atoms with Crippen LogP contribution in [0.15, 0.2) is 35.5 Å². The van der Waals surface area contributed by atoms with Crippen molar-refractivity contribution in [2.75, 3.05) is 20.2 Å². The van der Waals surface area contributed by atoms with Crippen LogP contribution < -0.4 is 15.4 Å². The summed E-state index contributed by atoms with van der Waals surface area (Å²) in [7, 11) is 1.62. The quantitative estimate of drug-likeness (QED) is 0.326. The second-order valence-corrected chi connectivity index (χ2v) is 6.55. The Labute approximate surface area is 169 Å². The van der Waals surface area contributed by atoms with Crippen LogP contribution in [0.3, 0.4) is 0 Å². The molecular weight excluding hydrogens is 451 g/mol. The van der Waals surface area contributed by atoms with Gasteiger partial charge in [0, 0.05) is 24.2 Å². The molecule has 0 amide bonds. The van der Waals surface area contributed by atoms with E-state index in [1.54, 1.807) is 18.4 Å². The first-order chi connectivity index (χ1) is 11.6. The van der Waals surface area contributed by atoms with Gasteiger partial charge >= 0.3 is 0 Å². The summed E-state index contributed by atoms with van der Waals surface area (Å²) in [6.45, 7) is 5.67. The van der Waals surface area contributed by atoms with E-state index in [1.807, 2.05) is 44.3 Å². The number of aryl methyl sites for hydroxylation is 1. The lowest BCUT2D eigenvalue weighted by atomic mass is 10.1. The zero-order valence-corrected chi connectivity index (χ0v) is 17.8. The van der Waals surface area contributed by atoms with Crippen LogP contribution in [-0.2, 0) is 6.54 Å². The van der Waals surface area contributed by atoms with E-state index < -0.39 is 6.10 Å². The zero-order chi connectivity index (χ0) is 17.4. The minimum Gasteiger partial charge on any atom is -0.497 e. The van der Waals surface area contributed by atoms with Crippen molar-refractivity contribution in [2.45, 2.75) is 26.5 Å². The van der Waals surface area contributed by atoms with Crippen LogP contribution in [0.25, 0.3) is 0 Å². The number of aliphatic hydroxyl groups excluding tert-OH is 1. The third-order valence-electron chi connectivity index (χ3n) is 3.35. The summed E-state index contributed by atoms with van der Waals surface area (Å²) in [5.74, 6) is 1.44. The number of halogens is 1. The lowest BCUT2D eigenvalue weighted by Gasteiger charge is -2.15. The Morgan fingerprint density at radius 1 is 1.32 bits per heavy atom. The molecule has 0 bridgehead atoms. The van der Waals surface area contributed by atoms with Gasteiger partial charge in [0.05, 0.1) is 19.8 Å². The number of aliphatic imine (C=N–C) groups is 1. The number of hydrogen-bond acceptors (Lipinski definition) is 5. The van der Waals surface area contributed by atoms with Crippen LogP contribution in [-0.4, -0.2) is 36.2 Å². The topological polar surface area (TPSA) is 78.8 Å². The molecule has 0 aliphatic carbocycles. The molecular formula is C17H25IN4O2S. The Morgan fingerprint density at radius 3 is 2.60 bits per heavy atom. The van der Waals surface area contributed by atoms with Crippen LogP contribution in [0.1, 0.15) is 28.5 Å². The normalized spacial score (nSPS) is 12.2. The molecule has 0 saturated carbocycles. The maximum Gasteiger partial charge on any atom is 0.191 e. The predicted molar refractivity (Wildman–Crippen MR) is 113 cm³/mol. The standard InChI is InChI=1S/C17H24N4O2S.HI/c1-4-18-17(21-11-16-19-9-12(2)24-16)20-10-15(22)13-5-7-14(23-3)8-6-13;/h5-9,15,22H,4,10-11H2,1-3H3,(H2,18,20,21);1H.